The Bertz CT molecular complexity index is 789. The summed E-state index contributed by atoms with van der Waals surface area (Å²) in [7, 11) is 3.32. The van der Waals surface area contributed by atoms with Gasteiger partial charge in [0.05, 0.1) is 25.6 Å². The molecule has 0 amide bonds. The van der Waals surface area contributed by atoms with Crippen LogP contribution in [0.2, 0.25) is 0 Å². The number of aryl methyl sites for hydroxylation is 3. The number of nitrogens with zero attached hydrogens (tertiary/aromatic N) is 2. The van der Waals surface area contributed by atoms with Crippen molar-refractivity contribution in [3.63, 3.8) is 0 Å². The average molecular weight is 415 g/mol. The highest BCUT2D eigenvalue weighted by atomic mass is 16.7. The quantitative estimate of drug-likeness (QED) is 0.432. The largest absolute Gasteiger partial charge is 0.489 e. The molecule has 0 atom stereocenters. The number of methoxy groups -OCH3 is 2. The molecule has 0 aliphatic carbocycles. The predicted molar refractivity (Wildman–Crippen MR) is 121 cm³/mol. The Labute approximate surface area is 180 Å². The second-order valence-corrected chi connectivity index (χ2v) is 7.78. The van der Waals surface area contributed by atoms with Gasteiger partial charge >= 0.3 is 0 Å². The lowest BCUT2D eigenvalue weighted by Crippen LogP contribution is -2.27. The second-order valence-electron chi connectivity index (χ2n) is 7.78. The Kier molecular flexibility index (Phi) is 7.96. The first kappa shape index (κ1) is 22.4. The molecule has 2 aromatic rings. The van der Waals surface area contributed by atoms with E-state index < -0.39 is 0 Å². The summed E-state index contributed by atoms with van der Waals surface area (Å²) in [5.41, 5.74) is 7.47. The highest BCUT2D eigenvalue weighted by molar-refractivity contribution is 5.68. The van der Waals surface area contributed by atoms with Crippen molar-refractivity contribution in [2.24, 2.45) is 0 Å². The van der Waals surface area contributed by atoms with Crippen molar-refractivity contribution in [1.82, 2.24) is 0 Å². The van der Waals surface area contributed by atoms with Crippen LogP contribution in [0.4, 0.5) is 11.4 Å². The van der Waals surface area contributed by atoms with Gasteiger partial charge in [-0.15, -0.1) is 0 Å². The van der Waals surface area contributed by atoms with E-state index in [2.05, 4.69) is 48.8 Å². The highest BCUT2D eigenvalue weighted by Crippen LogP contribution is 2.36. The first-order valence-electron chi connectivity index (χ1n) is 10.4. The molecule has 6 nitrogen and oxygen atoms in total. The van der Waals surface area contributed by atoms with Gasteiger partial charge in [0.25, 0.3) is 0 Å². The molecule has 0 saturated carbocycles. The zero-order valence-electron chi connectivity index (χ0n) is 18.9. The zero-order chi connectivity index (χ0) is 21.5. The molecule has 1 saturated heterocycles. The minimum absolute atomic E-state index is 0.266. The van der Waals surface area contributed by atoms with Crippen LogP contribution >= 0.6 is 0 Å². The molecule has 1 fully saturated rings. The molecule has 1 aliphatic rings. The summed E-state index contributed by atoms with van der Waals surface area (Å²) in [6.45, 7) is 11.1. The molecular formula is C24H34N2O4. The van der Waals surface area contributed by atoms with Crippen molar-refractivity contribution in [2.45, 2.75) is 27.4 Å². The molecule has 3 rings (SSSR count). The minimum atomic E-state index is 0.266. The fraction of sp³-hybridized carbons (Fsp3) is 0.500. The van der Waals surface area contributed by atoms with Crippen LogP contribution in [0.1, 0.15) is 22.3 Å². The first-order valence-corrected chi connectivity index (χ1v) is 10.4. The number of benzene rings is 2. The molecule has 1 heterocycles. The molecular weight excluding hydrogens is 380 g/mol. The number of anilines is 2. The van der Waals surface area contributed by atoms with E-state index in [1.54, 1.807) is 14.2 Å². The molecule has 6 heteroatoms. The number of hydrogen-bond donors (Lipinski definition) is 0. The van der Waals surface area contributed by atoms with E-state index in [1.165, 1.54) is 22.4 Å². The molecule has 164 valence electrons. The first-order chi connectivity index (χ1) is 14.5. The van der Waals surface area contributed by atoms with Crippen molar-refractivity contribution in [1.29, 1.82) is 0 Å². The van der Waals surface area contributed by atoms with Gasteiger partial charge in [0.15, 0.2) is 0 Å². The fourth-order valence-corrected chi connectivity index (χ4v) is 4.25. The number of hydrogen-bond acceptors (Lipinski definition) is 6. The maximum atomic E-state index is 6.07. The van der Waals surface area contributed by atoms with E-state index in [0.29, 0.717) is 19.8 Å². The van der Waals surface area contributed by atoms with Crippen molar-refractivity contribution in [2.75, 3.05) is 63.8 Å². The van der Waals surface area contributed by atoms with E-state index in [1.807, 2.05) is 12.1 Å². The van der Waals surface area contributed by atoms with Gasteiger partial charge in [0.1, 0.15) is 19.1 Å². The Morgan fingerprint density at radius 1 is 0.867 bits per heavy atom. The second kappa shape index (κ2) is 10.7. The van der Waals surface area contributed by atoms with Crippen LogP contribution in [0.25, 0.3) is 0 Å². The highest BCUT2D eigenvalue weighted by Gasteiger charge is 2.27. The van der Waals surface area contributed by atoms with Crippen LogP contribution in [-0.2, 0) is 20.8 Å². The van der Waals surface area contributed by atoms with Gasteiger partial charge in [-0.2, -0.15) is 0 Å². The Balaban J connectivity index is 1.86. The van der Waals surface area contributed by atoms with E-state index in [0.717, 1.165) is 36.8 Å². The standard InChI is InChI=1S/C24H34N2O4/c1-18-13-19(2)23(20(3)14-18)25-9-10-26(16-25)24-21(15-29-17-28-5)7-6-8-22(24)30-12-11-27-4/h6-8,13-14H,9-12,15-17H2,1-5H3. The van der Waals surface area contributed by atoms with E-state index >= 15 is 0 Å². The molecule has 30 heavy (non-hydrogen) atoms. The minimum Gasteiger partial charge on any atom is -0.489 e. The molecule has 1 aliphatic heterocycles. The van der Waals surface area contributed by atoms with Crippen LogP contribution < -0.4 is 14.5 Å². The van der Waals surface area contributed by atoms with Gasteiger partial charge in [-0.05, 0) is 38.0 Å². The maximum absolute atomic E-state index is 6.07. The summed E-state index contributed by atoms with van der Waals surface area (Å²) in [4.78, 5) is 4.84. The fourth-order valence-electron chi connectivity index (χ4n) is 4.25. The van der Waals surface area contributed by atoms with Crippen LogP contribution in [0.5, 0.6) is 5.75 Å². The number of rotatable bonds is 10. The SMILES string of the molecule is COCCOc1cccc(COCOC)c1N1CCN(c2c(C)cc(C)cc2C)C1. The predicted octanol–water partition coefficient (Wildman–Crippen LogP) is 4.04. The third-order valence-corrected chi connectivity index (χ3v) is 5.34. The number of para-hydroxylation sites is 1. The molecule has 2 aromatic carbocycles. The monoisotopic (exact) mass is 414 g/mol. The maximum Gasteiger partial charge on any atom is 0.146 e. The van der Waals surface area contributed by atoms with E-state index in [9.17, 15) is 0 Å². The third kappa shape index (κ3) is 5.25. The normalized spacial score (nSPS) is 13.9. The van der Waals surface area contributed by atoms with Crippen molar-refractivity contribution < 1.29 is 18.9 Å². The van der Waals surface area contributed by atoms with Gasteiger partial charge in [-0.25, -0.2) is 0 Å². The van der Waals surface area contributed by atoms with Crippen LogP contribution in [0.15, 0.2) is 30.3 Å². The Hall–Kier alpha value is -2.28. The van der Waals surface area contributed by atoms with Crippen LogP contribution in [0.3, 0.4) is 0 Å². The Morgan fingerprint density at radius 3 is 2.23 bits per heavy atom. The van der Waals surface area contributed by atoms with E-state index in [4.69, 9.17) is 18.9 Å². The van der Waals surface area contributed by atoms with Crippen molar-refractivity contribution >= 4 is 11.4 Å². The summed E-state index contributed by atoms with van der Waals surface area (Å²) in [6, 6.07) is 10.7. The lowest BCUT2D eigenvalue weighted by atomic mass is 10.0. The molecule has 0 spiro atoms. The molecule has 0 N–H and O–H groups in total. The molecule has 0 radical (unpaired) electrons. The summed E-state index contributed by atoms with van der Waals surface area (Å²) < 4.78 is 22.0. The summed E-state index contributed by atoms with van der Waals surface area (Å²) in [5, 5.41) is 0. The summed E-state index contributed by atoms with van der Waals surface area (Å²) >= 11 is 0. The van der Waals surface area contributed by atoms with Crippen LogP contribution in [-0.4, -0.2) is 54.0 Å². The lowest BCUT2D eigenvalue weighted by molar-refractivity contribution is -0.0389. The zero-order valence-corrected chi connectivity index (χ0v) is 18.9. The van der Waals surface area contributed by atoms with Crippen molar-refractivity contribution in [3.8, 4) is 5.75 Å². The summed E-state index contributed by atoms with van der Waals surface area (Å²) in [5.74, 6) is 0.866. The Morgan fingerprint density at radius 2 is 1.57 bits per heavy atom. The average Bonchev–Trinajstić information content (AvgIpc) is 3.17. The summed E-state index contributed by atoms with van der Waals surface area (Å²) in [6.07, 6.45) is 0. The van der Waals surface area contributed by atoms with Crippen molar-refractivity contribution in [3.05, 3.63) is 52.6 Å². The van der Waals surface area contributed by atoms with Crippen LogP contribution in [0, 0.1) is 20.8 Å². The topological polar surface area (TPSA) is 43.4 Å². The molecule has 0 bridgehead atoms. The smallest absolute Gasteiger partial charge is 0.146 e. The van der Waals surface area contributed by atoms with Gasteiger partial charge in [-0.1, -0.05) is 29.8 Å². The third-order valence-electron chi connectivity index (χ3n) is 5.34. The number of ether oxygens (including phenoxy) is 4. The van der Waals surface area contributed by atoms with E-state index in [-0.39, 0.29) is 6.79 Å². The lowest BCUT2D eigenvalue weighted by Gasteiger charge is -2.27. The molecule has 0 aromatic heterocycles. The van der Waals surface area contributed by atoms with Gasteiger partial charge in [0, 0.05) is 38.6 Å². The van der Waals surface area contributed by atoms with Gasteiger partial charge < -0.3 is 28.7 Å². The molecule has 0 unspecified atom stereocenters. The van der Waals surface area contributed by atoms with Gasteiger partial charge in [0.2, 0.25) is 0 Å². The van der Waals surface area contributed by atoms with Gasteiger partial charge in [-0.3, -0.25) is 0 Å².